The van der Waals surface area contributed by atoms with Crippen molar-refractivity contribution in [2.24, 2.45) is 11.3 Å². The molecule has 5 heteroatoms. The number of benzene rings is 1. The topological polar surface area (TPSA) is 44.4 Å². The SMILES string of the molecule is CN(C)c1ccc([C@H]2NC(=O)c3c(sc4c3CC[C@@H](C(C)(C)C)C4)N2)cc1. The van der Waals surface area contributed by atoms with Gasteiger partial charge in [0.25, 0.3) is 5.91 Å². The molecule has 0 spiro atoms. The molecule has 2 N–H and O–H groups in total. The van der Waals surface area contributed by atoms with Gasteiger partial charge in [0.05, 0.1) is 5.56 Å². The van der Waals surface area contributed by atoms with Gasteiger partial charge in [-0.15, -0.1) is 11.3 Å². The average Bonchev–Trinajstić information content (AvgIpc) is 2.99. The van der Waals surface area contributed by atoms with Crippen LogP contribution in [0.3, 0.4) is 0 Å². The van der Waals surface area contributed by atoms with Crippen LogP contribution in [-0.2, 0) is 12.8 Å². The zero-order valence-electron chi connectivity index (χ0n) is 16.8. The summed E-state index contributed by atoms with van der Waals surface area (Å²) in [6, 6.07) is 8.35. The van der Waals surface area contributed by atoms with E-state index in [1.807, 2.05) is 14.1 Å². The molecule has 1 aromatic heterocycles. The molecule has 1 aliphatic carbocycles. The number of fused-ring (bicyclic) bond motifs is 3. The van der Waals surface area contributed by atoms with Crippen LogP contribution in [0.25, 0.3) is 0 Å². The van der Waals surface area contributed by atoms with Crippen LogP contribution in [0, 0.1) is 11.3 Å². The Morgan fingerprint density at radius 3 is 2.44 bits per heavy atom. The number of anilines is 2. The highest BCUT2D eigenvalue weighted by atomic mass is 32.1. The molecule has 0 bridgehead atoms. The summed E-state index contributed by atoms with van der Waals surface area (Å²) in [6.45, 7) is 6.98. The van der Waals surface area contributed by atoms with Gasteiger partial charge in [0.1, 0.15) is 11.2 Å². The minimum Gasteiger partial charge on any atom is -0.378 e. The van der Waals surface area contributed by atoms with Gasteiger partial charge in [-0.1, -0.05) is 32.9 Å². The summed E-state index contributed by atoms with van der Waals surface area (Å²) in [5.41, 5.74) is 4.72. The molecule has 2 aromatic rings. The number of nitrogens with zero attached hydrogens (tertiary/aromatic N) is 1. The maximum Gasteiger partial charge on any atom is 0.256 e. The second-order valence-electron chi connectivity index (χ2n) is 9.05. The number of hydrogen-bond donors (Lipinski definition) is 2. The minimum absolute atomic E-state index is 0.0668. The summed E-state index contributed by atoms with van der Waals surface area (Å²) in [4.78, 5) is 16.4. The van der Waals surface area contributed by atoms with E-state index in [4.69, 9.17) is 0 Å². The Morgan fingerprint density at radius 2 is 1.81 bits per heavy atom. The molecule has 2 aliphatic rings. The zero-order chi connectivity index (χ0) is 19.3. The van der Waals surface area contributed by atoms with Crippen LogP contribution < -0.4 is 15.5 Å². The summed E-state index contributed by atoms with van der Waals surface area (Å²) < 4.78 is 0. The number of carbonyl (C=O) groups is 1. The van der Waals surface area contributed by atoms with Crippen molar-refractivity contribution in [1.82, 2.24) is 5.32 Å². The zero-order valence-corrected chi connectivity index (χ0v) is 17.7. The summed E-state index contributed by atoms with van der Waals surface area (Å²) in [6.07, 6.45) is 3.11. The molecule has 0 saturated heterocycles. The monoisotopic (exact) mass is 383 g/mol. The first-order valence-electron chi connectivity index (χ1n) is 9.73. The van der Waals surface area contributed by atoms with E-state index in [2.05, 4.69) is 60.6 Å². The van der Waals surface area contributed by atoms with Crippen LogP contribution in [0.5, 0.6) is 0 Å². The van der Waals surface area contributed by atoms with Gasteiger partial charge in [-0.05, 0) is 53.9 Å². The Kier molecular flexibility index (Phi) is 4.46. The van der Waals surface area contributed by atoms with Gasteiger partial charge in [-0.3, -0.25) is 4.79 Å². The number of thiophene rings is 1. The number of hydrogen-bond acceptors (Lipinski definition) is 4. The van der Waals surface area contributed by atoms with Crippen LogP contribution in [0.4, 0.5) is 10.7 Å². The lowest BCUT2D eigenvalue weighted by molar-refractivity contribution is 0.0935. The maximum atomic E-state index is 12.9. The number of rotatable bonds is 2. The average molecular weight is 384 g/mol. The first kappa shape index (κ1) is 18.4. The predicted molar refractivity (Wildman–Crippen MR) is 114 cm³/mol. The molecule has 4 nitrogen and oxygen atoms in total. The minimum atomic E-state index is -0.167. The second-order valence-corrected chi connectivity index (χ2v) is 10.2. The van der Waals surface area contributed by atoms with Crippen molar-refractivity contribution in [2.45, 2.75) is 46.2 Å². The Bertz CT molecular complexity index is 861. The normalized spacial score (nSPS) is 21.7. The molecular weight excluding hydrogens is 354 g/mol. The number of carbonyl (C=O) groups excluding carboxylic acids is 1. The molecule has 0 radical (unpaired) electrons. The van der Waals surface area contributed by atoms with E-state index in [1.165, 1.54) is 16.9 Å². The maximum absolute atomic E-state index is 12.9. The molecular formula is C22H29N3OS. The standard InChI is InChI=1S/C22H29N3OS/c1-22(2,3)14-8-11-16-17(12-14)27-21-18(16)20(26)23-19(24-21)13-6-9-15(10-7-13)25(4)5/h6-7,9-10,14,19,24H,8,11-12H2,1-5H3,(H,23,26)/t14-,19+/m1/s1. The Labute approximate surface area is 166 Å². The van der Waals surface area contributed by atoms with Crippen LogP contribution >= 0.6 is 11.3 Å². The van der Waals surface area contributed by atoms with E-state index in [-0.39, 0.29) is 12.1 Å². The number of nitrogens with one attached hydrogen (secondary N) is 2. The quantitative estimate of drug-likeness (QED) is 0.781. The van der Waals surface area contributed by atoms with Crippen molar-refractivity contribution < 1.29 is 4.79 Å². The van der Waals surface area contributed by atoms with E-state index in [0.29, 0.717) is 11.3 Å². The van der Waals surface area contributed by atoms with E-state index in [0.717, 1.165) is 34.7 Å². The molecule has 27 heavy (non-hydrogen) atoms. The van der Waals surface area contributed by atoms with Crippen molar-refractivity contribution in [1.29, 1.82) is 0 Å². The first-order chi connectivity index (χ1) is 12.7. The summed E-state index contributed by atoms with van der Waals surface area (Å²) in [7, 11) is 4.06. The van der Waals surface area contributed by atoms with Gasteiger partial charge in [0.15, 0.2) is 0 Å². The highest BCUT2D eigenvalue weighted by Crippen LogP contribution is 2.46. The van der Waals surface area contributed by atoms with Crippen LogP contribution in [0.2, 0.25) is 0 Å². The van der Waals surface area contributed by atoms with E-state index in [1.54, 1.807) is 11.3 Å². The molecule has 1 aliphatic heterocycles. The fourth-order valence-electron chi connectivity index (χ4n) is 4.17. The molecule has 0 fully saturated rings. The molecule has 0 saturated carbocycles. The third kappa shape index (κ3) is 3.33. The molecule has 0 unspecified atom stereocenters. The highest BCUT2D eigenvalue weighted by Gasteiger charge is 2.36. The van der Waals surface area contributed by atoms with Crippen molar-refractivity contribution in [2.75, 3.05) is 24.3 Å². The third-order valence-electron chi connectivity index (χ3n) is 6.01. The molecule has 2 atom stereocenters. The van der Waals surface area contributed by atoms with E-state index >= 15 is 0 Å². The van der Waals surface area contributed by atoms with Crippen molar-refractivity contribution >= 4 is 27.9 Å². The molecule has 4 rings (SSSR count). The van der Waals surface area contributed by atoms with Gasteiger partial charge < -0.3 is 15.5 Å². The lowest BCUT2D eigenvalue weighted by Gasteiger charge is -2.34. The second kappa shape index (κ2) is 6.55. The van der Waals surface area contributed by atoms with Crippen LogP contribution in [-0.4, -0.2) is 20.0 Å². The molecule has 2 heterocycles. The molecule has 144 valence electrons. The van der Waals surface area contributed by atoms with Crippen molar-refractivity contribution in [3.8, 4) is 0 Å². The lowest BCUT2D eigenvalue weighted by Crippen LogP contribution is -2.38. The third-order valence-corrected chi connectivity index (χ3v) is 7.20. The highest BCUT2D eigenvalue weighted by molar-refractivity contribution is 7.16. The van der Waals surface area contributed by atoms with Gasteiger partial charge in [-0.25, -0.2) is 0 Å². The Hall–Kier alpha value is -2.01. The fourth-order valence-corrected chi connectivity index (χ4v) is 5.52. The predicted octanol–water partition coefficient (Wildman–Crippen LogP) is 4.82. The summed E-state index contributed by atoms with van der Waals surface area (Å²) >= 11 is 1.79. The van der Waals surface area contributed by atoms with Gasteiger partial charge in [0, 0.05) is 24.7 Å². The Morgan fingerprint density at radius 1 is 1.11 bits per heavy atom. The van der Waals surface area contributed by atoms with Gasteiger partial charge in [-0.2, -0.15) is 0 Å². The summed E-state index contributed by atoms with van der Waals surface area (Å²) in [5.74, 6) is 0.750. The van der Waals surface area contributed by atoms with Crippen molar-refractivity contribution in [3.63, 3.8) is 0 Å². The molecule has 1 amide bonds. The van der Waals surface area contributed by atoms with Gasteiger partial charge >= 0.3 is 0 Å². The lowest BCUT2D eigenvalue weighted by atomic mass is 9.72. The fraction of sp³-hybridized carbons (Fsp3) is 0.500. The van der Waals surface area contributed by atoms with Crippen molar-refractivity contribution in [3.05, 3.63) is 45.8 Å². The van der Waals surface area contributed by atoms with Crippen LogP contribution in [0.15, 0.2) is 24.3 Å². The first-order valence-corrected chi connectivity index (χ1v) is 10.5. The van der Waals surface area contributed by atoms with Gasteiger partial charge in [0.2, 0.25) is 0 Å². The smallest absolute Gasteiger partial charge is 0.256 e. The van der Waals surface area contributed by atoms with E-state index < -0.39 is 0 Å². The van der Waals surface area contributed by atoms with Crippen LogP contribution in [0.1, 0.15) is 59.7 Å². The van der Waals surface area contributed by atoms with E-state index in [9.17, 15) is 4.79 Å². The molecule has 1 aromatic carbocycles. The number of amides is 1. The summed E-state index contributed by atoms with van der Waals surface area (Å²) in [5, 5.41) is 7.78. The Balaban J connectivity index is 1.60. The largest absolute Gasteiger partial charge is 0.378 e.